The van der Waals surface area contributed by atoms with Gasteiger partial charge in [-0.25, -0.2) is 15.0 Å². The maximum absolute atomic E-state index is 6.54. The summed E-state index contributed by atoms with van der Waals surface area (Å²) >= 11 is 6.54. The molecule has 0 spiro atoms. The highest BCUT2D eigenvalue weighted by atomic mass is 35.5. The van der Waals surface area contributed by atoms with Gasteiger partial charge in [0.15, 0.2) is 23.3 Å². The van der Waals surface area contributed by atoms with Crippen LogP contribution >= 0.6 is 11.6 Å². The summed E-state index contributed by atoms with van der Waals surface area (Å²) in [5.41, 5.74) is 6.85. The smallest absolute Gasteiger partial charge is 0.179 e. The maximum atomic E-state index is 6.54. The van der Waals surface area contributed by atoms with Gasteiger partial charge in [-0.1, -0.05) is 59.6 Å². The van der Waals surface area contributed by atoms with Gasteiger partial charge in [0.25, 0.3) is 0 Å². The molecular weight excluding hydrogens is 506 g/mol. The summed E-state index contributed by atoms with van der Waals surface area (Å²) in [5.74, 6) is 2.77. The standard InChI is InChI=1S/C31H24ClN7/c1-19-13-15-23(16-14-19)34-29-31-36-30-27(20(2)37-39(30)26-12-5-6-17-33-26)28(21-8-7-9-22(32)18-21)38(31)25-11-4-3-10-24(25)35-29/h3-18,28H,1-2H3,(H,34,35). The van der Waals surface area contributed by atoms with Crippen molar-refractivity contribution in [2.45, 2.75) is 19.9 Å². The van der Waals surface area contributed by atoms with E-state index < -0.39 is 0 Å². The third kappa shape index (κ3) is 3.99. The van der Waals surface area contributed by atoms with Crippen LogP contribution in [0.2, 0.25) is 5.02 Å². The Labute approximate surface area is 231 Å². The van der Waals surface area contributed by atoms with Crippen LogP contribution in [0.1, 0.15) is 28.4 Å². The fraction of sp³-hybridized carbons (Fsp3) is 0.0968. The zero-order valence-corrected chi connectivity index (χ0v) is 22.1. The lowest BCUT2D eigenvalue weighted by atomic mass is 9.93. The van der Waals surface area contributed by atoms with Crippen LogP contribution in [0.5, 0.6) is 0 Å². The number of para-hydroxylation sites is 2. The van der Waals surface area contributed by atoms with E-state index in [1.165, 1.54) is 5.56 Å². The first-order chi connectivity index (χ1) is 19.1. The highest BCUT2D eigenvalue weighted by molar-refractivity contribution is 6.51. The summed E-state index contributed by atoms with van der Waals surface area (Å²) < 4.78 is 1.82. The number of fused-ring (bicyclic) bond motifs is 4. The Morgan fingerprint density at radius 1 is 0.846 bits per heavy atom. The second-order valence-electron chi connectivity index (χ2n) is 9.63. The monoisotopic (exact) mass is 529 g/mol. The SMILES string of the molecule is Cc1ccc(NC2=Nc3ccccc3N3C2=Nc2c(c(C)nn2-c2ccccn2)C3c2cccc(Cl)c2)cc1. The third-order valence-electron chi connectivity index (χ3n) is 6.98. The molecule has 7 nitrogen and oxygen atoms in total. The number of halogens is 1. The number of anilines is 2. The fourth-order valence-electron chi connectivity index (χ4n) is 5.20. The van der Waals surface area contributed by atoms with Crippen LogP contribution in [-0.2, 0) is 0 Å². The van der Waals surface area contributed by atoms with Crippen LogP contribution in [-0.4, -0.2) is 26.4 Å². The van der Waals surface area contributed by atoms with Gasteiger partial charge in [0.05, 0.1) is 23.1 Å². The molecule has 5 aromatic rings. The molecule has 3 aromatic carbocycles. The molecule has 190 valence electrons. The molecule has 0 saturated heterocycles. The van der Waals surface area contributed by atoms with Gasteiger partial charge >= 0.3 is 0 Å². The summed E-state index contributed by atoms with van der Waals surface area (Å²) in [4.78, 5) is 17.1. The highest BCUT2D eigenvalue weighted by Gasteiger charge is 2.41. The summed E-state index contributed by atoms with van der Waals surface area (Å²) in [6, 6.07) is 29.9. The summed E-state index contributed by atoms with van der Waals surface area (Å²) in [7, 11) is 0. The maximum Gasteiger partial charge on any atom is 0.179 e. The molecule has 1 N–H and O–H groups in total. The van der Waals surface area contributed by atoms with Crippen LogP contribution in [0.3, 0.4) is 0 Å². The van der Waals surface area contributed by atoms with Crippen LogP contribution < -0.4 is 10.2 Å². The zero-order chi connectivity index (χ0) is 26.5. The third-order valence-corrected chi connectivity index (χ3v) is 7.22. The molecule has 2 aromatic heterocycles. The number of rotatable bonds is 3. The Kier molecular flexibility index (Phi) is 5.52. The summed E-state index contributed by atoms with van der Waals surface area (Å²) in [6.07, 6.45) is 1.76. The second kappa shape index (κ2) is 9.22. The molecule has 8 heteroatoms. The lowest BCUT2D eigenvalue weighted by Gasteiger charge is -2.40. The number of nitrogens with one attached hydrogen (secondary N) is 1. The van der Waals surface area contributed by atoms with E-state index in [-0.39, 0.29) is 6.04 Å². The number of aliphatic imine (C=N–C) groups is 2. The van der Waals surface area contributed by atoms with E-state index in [0.717, 1.165) is 39.7 Å². The van der Waals surface area contributed by atoms with Crippen LogP contribution in [0, 0.1) is 13.8 Å². The largest absolute Gasteiger partial charge is 0.337 e. The van der Waals surface area contributed by atoms with E-state index in [0.29, 0.717) is 22.5 Å². The quantitative estimate of drug-likeness (QED) is 0.265. The molecule has 0 amide bonds. The Morgan fingerprint density at radius 3 is 2.46 bits per heavy atom. The summed E-state index contributed by atoms with van der Waals surface area (Å²) in [6.45, 7) is 4.09. The lowest BCUT2D eigenvalue weighted by Crippen LogP contribution is -2.46. The number of aryl methyl sites for hydroxylation is 2. The molecule has 1 atom stereocenters. The number of amidine groups is 2. The minimum Gasteiger partial charge on any atom is -0.337 e. The normalized spacial score (nSPS) is 15.6. The van der Waals surface area contributed by atoms with E-state index >= 15 is 0 Å². The first-order valence-electron chi connectivity index (χ1n) is 12.7. The average molecular weight is 530 g/mol. The topological polar surface area (TPSA) is 70.7 Å². The van der Waals surface area contributed by atoms with E-state index in [2.05, 4.69) is 46.4 Å². The molecule has 7 rings (SSSR count). The molecule has 2 aliphatic rings. The number of nitrogens with zero attached hydrogens (tertiary/aromatic N) is 6. The van der Waals surface area contributed by atoms with E-state index in [1.54, 1.807) is 6.20 Å². The van der Waals surface area contributed by atoms with Crippen molar-refractivity contribution in [3.05, 3.63) is 125 Å². The van der Waals surface area contributed by atoms with Crippen molar-refractivity contribution in [1.82, 2.24) is 14.8 Å². The molecule has 39 heavy (non-hydrogen) atoms. The van der Waals surface area contributed by atoms with E-state index in [4.69, 9.17) is 26.7 Å². The predicted octanol–water partition coefficient (Wildman–Crippen LogP) is 7.33. The molecule has 1 unspecified atom stereocenters. The number of hydrogen-bond acceptors (Lipinski definition) is 6. The minimum absolute atomic E-state index is 0.241. The lowest BCUT2D eigenvalue weighted by molar-refractivity contribution is 0.810. The molecule has 0 radical (unpaired) electrons. The number of pyridine rings is 1. The molecule has 2 aliphatic heterocycles. The van der Waals surface area contributed by atoms with Gasteiger partial charge in [-0.15, -0.1) is 0 Å². The van der Waals surface area contributed by atoms with Gasteiger partial charge in [0, 0.05) is 22.5 Å². The number of hydrogen-bond donors (Lipinski definition) is 1. The van der Waals surface area contributed by atoms with Gasteiger partial charge in [-0.3, -0.25) is 0 Å². The molecule has 0 fully saturated rings. The molecule has 0 bridgehead atoms. The number of aromatic nitrogens is 3. The van der Waals surface area contributed by atoms with Crippen molar-refractivity contribution in [2.24, 2.45) is 9.98 Å². The molecule has 0 saturated carbocycles. The molecule has 0 aliphatic carbocycles. The molecular formula is C31H24ClN7. The van der Waals surface area contributed by atoms with E-state index in [1.807, 2.05) is 78.3 Å². The van der Waals surface area contributed by atoms with Crippen molar-refractivity contribution in [3.8, 4) is 5.82 Å². The van der Waals surface area contributed by atoms with Crippen LogP contribution in [0.25, 0.3) is 5.82 Å². The summed E-state index contributed by atoms with van der Waals surface area (Å²) in [5, 5.41) is 9.13. The zero-order valence-electron chi connectivity index (χ0n) is 21.4. The Morgan fingerprint density at radius 2 is 1.67 bits per heavy atom. The Hall–Kier alpha value is -4.75. The minimum atomic E-state index is -0.241. The van der Waals surface area contributed by atoms with E-state index in [9.17, 15) is 0 Å². The Balaban J connectivity index is 1.50. The predicted molar refractivity (Wildman–Crippen MR) is 157 cm³/mol. The number of benzene rings is 3. The average Bonchev–Trinajstić information content (AvgIpc) is 3.29. The van der Waals surface area contributed by atoms with Gasteiger partial charge < -0.3 is 10.2 Å². The Bertz CT molecular complexity index is 1770. The van der Waals surface area contributed by atoms with Crippen molar-refractivity contribution < 1.29 is 0 Å². The van der Waals surface area contributed by atoms with Gasteiger partial charge in [-0.2, -0.15) is 9.78 Å². The van der Waals surface area contributed by atoms with Gasteiger partial charge in [0.1, 0.15) is 0 Å². The van der Waals surface area contributed by atoms with Crippen molar-refractivity contribution >= 4 is 46.2 Å². The van der Waals surface area contributed by atoms with Crippen molar-refractivity contribution in [1.29, 1.82) is 0 Å². The van der Waals surface area contributed by atoms with Crippen LogP contribution in [0.15, 0.2) is 107 Å². The molecule has 4 heterocycles. The van der Waals surface area contributed by atoms with Crippen molar-refractivity contribution in [2.75, 3.05) is 10.2 Å². The fourth-order valence-corrected chi connectivity index (χ4v) is 5.40. The first kappa shape index (κ1) is 23.4. The van der Waals surface area contributed by atoms with Gasteiger partial charge in [-0.05, 0) is 67.9 Å². The van der Waals surface area contributed by atoms with Crippen molar-refractivity contribution in [3.63, 3.8) is 0 Å². The first-order valence-corrected chi connectivity index (χ1v) is 13.1. The van der Waals surface area contributed by atoms with Gasteiger partial charge in [0.2, 0.25) is 0 Å². The highest BCUT2D eigenvalue weighted by Crippen LogP contribution is 2.48. The second-order valence-corrected chi connectivity index (χ2v) is 10.1. The van der Waals surface area contributed by atoms with Crippen LogP contribution in [0.4, 0.5) is 22.9 Å².